The molecule has 2 rings (SSSR count). The summed E-state index contributed by atoms with van der Waals surface area (Å²) in [6.45, 7) is 0. The minimum absolute atomic E-state index is 0.192. The fraction of sp³-hybridized carbons (Fsp3) is 0.364. The molecule has 3 nitrogen and oxygen atoms in total. The van der Waals surface area contributed by atoms with Crippen LogP contribution in [0.4, 0.5) is 10.1 Å². The lowest BCUT2D eigenvalue weighted by atomic mass is 9.89. The number of anilines is 1. The highest BCUT2D eigenvalue weighted by atomic mass is 19.1. The van der Waals surface area contributed by atoms with Crippen LogP contribution >= 0.6 is 0 Å². The molecule has 1 aliphatic rings. The summed E-state index contributed by atoms with van der Waals surface area (Å²) in [5.74, 6) is -0.411. The number of hydrogen-bond acceptors (Lipinski definition) is 3. The Kier molecular flexibility index (Phi) is 2.57. The number of rotatable bonds is 2. The van der Waals surface area contributed by atoms with E-state index in [1.807, 2.05) is 6.07 Å². The molecule has 2 N–H and O–H groups in total. The summed E-state index contributed by atoms with van der Waals surface area (Å²) in [6, 6.07) is 6.21. The molecule has 15 heavy (non-hydrogen) atoms. The van der Waals surface area contributed by atoms with E-state index in [0.717, 1.165) is 0 Å². The minimum Gasteiger partial charge on any atom is -0.393 e. The Hall–Kier alpha value is -1.60. The van der Waals surface area contributed by atoms with E-state index in [4.69, 9.17) is 10.4 Å². The number of aliphatic hydroxyl groups is 1. The second kappa shape index (κ2) is 3.87. The molecule has 0 unspecified atom stereocenters. The smallest absolute Gasteiger partial charge is 0.124 e. The first kappa shape index (κ1) is 9.94. The normalized spacial score (nSPS) is 24.1. The van der Waals surface area contributed by atoms with E-state index in [-0.39, 0.29) is 12.1 Å². The lowest BCUT2D eigenvalue weighted by Crippen LogP contribution is -2.39. The first-order valence-electron chi connectivity index (χ1n) is 4.83. The molecule has 78 valence electrons. The average Bonchev–Trinajstić information content (AvgIpc) is 2.18. The third-order valence-corrected chi connectivity index (χ3v) is 2.57. The highest BCUT2D eigenvalue weighted by Gasteiger charge is 2.27. The van der Waals surface area contributed by atoms with Gasteiger partial charge >= 0.3 is 0 Å². The molecular weight excluding hydrogens is 195 g/mol. The van der Waals surface area contributed by atoms with E-state index in [1.54, 1.807) is 6.07 Å². The van der Waals surface area contributed by atoms with Crippen LogP contribution in [-0.4, -0.2) is 17.3 Å². The van der Waals surface area contributed by atoms with Crippen LogP contribution in [0, 0.1) is 17.1 Å². The van der Waals surface area contributed by atoms with Crippen LogP contribution in [0.5, 0.6) is 0 Å². The lowest BCUT2D eigenvalue weighted by Gasteiger charge is -2.33. The van der Waals surface area contributed by atoms with Gasteiger partial charge in [0.15, 0.2) is 0 Å². The molecule has 0 atom stereocenters. The van der Waals surface area contributed by atoms with Crippen LogP contribution in [0.25, 0.3) is 0 Å². The predicted octanol–water partition coefficient (Wildman–Crippen LogP) is 1.63. The van der Waals surface area contributed by atoms with Crippen LogP contribution in [0.15, 0.2) is 18.2 Å². The van der Waals surface area contributed by atoms with E-state index >= 15 is 0 Å². The van der Waals surface area contributed by atoms with Gasteiger partial charge in [-0.15, -0.1) is 0 Å². The molecule has 0 amide bonds. The largest absolute Gasteiger partial charge is 0.393 e. The SMILES string of the molecule is N#Cc1cc(F)ccc1NC1CC(O)C1. The number of halogens is 1. The zero-order valence-electron chi connectivity index (χ0n) is 8.07. The van der Waals surface area contributed by atoms with E-state index in [2.05, 4.69) is 5.32 Å². The van der Waals surface area contributed by atoms with Gasteiger partial charge in [-0.25, -0.2) is 4.39 Å². The Morgan fingerprint density at radius 3 is 2.80 bits per heavy atom. The molecule has 0 spiro atoms. The summed E-state index contributed by atoms with van der Waals surface area (Å²) >= 11 is 0. The number of benzene rings is 1. The van der Waals surface area contributed by atoms with Crippen molar-refractivity contribution in [2.45, 2.75) is 25.0 Å². The Balaban J connectivity index is 2.11. The van der Waals surface area contributed by atoms with Gasteiger partial charge in [0.25, 0.3) is 0 Å². The van der Waals surface area contributed by atoms with Crippen LogP contribution in [0.3, 0.4) is 0 Å². The van der Waals surface area contributed by atoms with Crippen molar-refractivity contribution in [3.63, 3.8) is 0 Å². The van der Waals surface area contributed by atoms with Gasteiger partial charge in [-0.3, -0.25) is 0 Å². The molecule has 0 bridgehead atoms. The molecule has 1 fully saturated rings. The van der Waals surface area contributed by atoms with E-state index in [9.17, 15) is 4.39 Å². The quantitative estimate of drug-likeness (QED) is 0.773. The molecule has 1 aliphatic carbocycles. The van der Waals surface area contributed by atoms with Crippen molar-refractivity contribution in [2.75, 3.05) is 5.32 Å². The van der Waals surface area contributed by atoms with Crippen molar-refractivity contribution in [3.05, 3.63) is 29.6 Å². The maximum absolute atomic E-state index is 12.8. The first-order chi connectivity index (χ1) is 7.19. The second-order valence-corrected chi connectivity index (χ2v) is 3.77. The summed E-state index contributed by atoms with van der Waals surface area (Å²) in [4.78, 5) is 0. The van der Waals surface area contributed by atoms with Gasteiger partial charge in [-0.1, -0.05) is 0 Å². The summed E-state index contributed by atoms with van der Waals surface area (Å²) < 4.78 is 12.8. The molecule has 1 aromatic carbocycles. The van der Waals surface area contributed by atoms with Crippen LogP contribution in [0.1, 0.15) is 18.4 Å². The van der Waals surface area contributed by atoms with Gasteiger partial charge in [0.1, 0.15) is 11.9 Å². The van der Waals surface area contributed by atoms with Gasteiger partial charge in [0.05, 0.1) is 17.4 Å². The molecular formula is C11H11FN2O. The van der Waals surface area contributed by atoms with Crippen LogP contribution < -0.4 is 5.32 Å². The highest BCUT2D eigenvalue weighted by molar-refractivity contribution is 5.58. The highest BCUT2D eigenvalue weighted by Crippen LogP contribution is 2.25. The van der Waals surface area contributed by atoms with Gasteiger partial charge in [0.2, 0.25) is 0 Å². The van der Waals surface area contributed by atoms with Crippen molar-refractivity contribution in [1.82, 2.24) is 0 Å². The van der Waals surface area contributed by atoms with Crippen LogP contribution in [-0.2, 0) is 0 Å². The minimum atomic E-state index is -0.411. The van der Waals surface area contributed by atoms with E-state index < -0.39 is 5.82 Å². The molecule has 4 heteroatoms. The standard InChI is InChI=1S/C11H11FN2O/c12-8-1-2-11(7(3-8)6-13)14-9-4-10(15)5-9/h1-3,9-10,14-15H,4-5H2. The molecule has 1 aromatic rings. The molecule has 0 aromatic heterocycles. The van der Waals surface area contributed by atoms with E-state index in [1.165, 1.54) is 12.1 Å². The maximum atomic E-state index is 12.8. The van der Waals surface area contributed by atoms with Gasteiger partial charge in [-0.2, -0.15) is 5.26 Å². The first-order valence-corrected chi connectivity index (χ1v) is 4.83. The Labute approximate surface area is 87.2 Å². The lowest BCUT2D eigenvalue weighted by molar-refractivity contribution is 0.0836. The molecule has 0 radical (unpaired) electrons. The number of aliphatic hydroxyl groups excluding tert-OH is 1. The molecule has 0 aliphatic heterocycles. The topological polar surface area (TPSA) is 56.0 Å². The van der Waals surface area contributed by atoms with Crippen molar-refractivity contribution >= 4 is 5.69 Å². The fourth-order valence-electron chi connectivity index (χ4n) is 1.66. The monoisotopic (exact) mass is 206 g/mol. The number of hydrogen-bond donors (Lipinski definition) is 2. The van der Waals surface area contributed by atoms with Crippen LogP contribution in [0.2, 0.25) is 0 Å². The molecule has 0 saturated heterocycles. The average molecular weight is 206 g/mol. The Morgan fingerprint density at radius 1 is 1.47 bits per heavy atom. The number of nitriles is 1. The zero-order chi connectivity index (χ0) is 10.8. The summed E-state index contributed by atoms with van der Waals surface area (Å²) in [5, 5.41) is 21.0. The third kappa shape index (κ3) is 2.08. The summed E-state index contributed by atoms with van der Waals surface area (Å²) in [7, 11) is 0. The van der Waals surface area contributed by atoms with Crippen molar-refractivity contribution in [2.24, 2.45) is 0 Å². The maximum Gasteiger partial charge on any atom is 0.124 e. The van der Waals surface area contributed by atoms with Crippen molar-refractivity contribution in [3.8, 4) is 6.07 Å². The number of nitrogens with one attached hydrogen (secondary N) is 1. The van der Waals surface area contributed by atoms with Gasteiger partial charge < -0.3 is 10.4 Å². The third-order valence-electron chi connectivity index (χ3n) is 2.57. The Bertz CT molecular complexity index is 408. The predicted molar refractivity (Wildman–Crippen MR) is 53.8 cm³/mol. The summed E-state index contributed by atoms with van der Waals surface area (Å²) in [6.07, 6.45) is 1.12. The van der Waals surface area contributed by atoms with E-state index in [0.29, 0.717) is 24.1 Å². The van der Waals surface area contributed by atoms with Crippen molar-refractivity contribution in [1.29, 1.82) is 5.26 Å². The zero-order valence-corrected chi connectivity index (χ0v) is 8.07. The fourth-order valence-corrected chi connectivity index (χ4v) is 1.66. The number of nitrogens with zero attached hydrogens (tertiary/aromatic N) is 1. The molecule has 1 saturated carbocycles. The van der Waals surface area contributed by atoms with Crippen molar-refractivity contribution < 1.29 is 9.50 Å². The Morgan fingerprint density at radius 2 is 2.20 bits per heavy atom. The molecule has 0 heterocycles. The summed E-state index contributed by atoms with van der Waals surface area (Å²) in [5.41, 5.74) is 0.937. The van der Waals surface area contributed by atoms with Gasteiger partial charge in [0, 0.05) is 6.04 Å². The van der Waals surface area contributed by atoms with Gasteiger partial charge in [-0.05, 0) is 31.0 Å². The second-order valence-electron chi connectivity index (χ2n) is 3.77.